The first-order valence-corrected chi connectivity index (χ1v) is 6.72. The van der Waals surface area contributed by atoms with Crippen LogP contribution < -0.4 is 15.4 Å². The van der Waals surface area contributed by atoms with E-state index in [0.717, 1.165) is 11.3 Å². The molecule has 0 saturated heterocycles. The summed E-state index contributed by atoms with van der Waals surface area (Å²) in [5.41, 5.74) is 1.09. The highest BCUT2D eigenvalue weighted by molar-refractivity contribution is 5.82. The summed E-state index contributed by atoms with van der Waals surface area (Å²) in [6.45, 7) is -0.0235. The number of nitrogens with one attached hydrogen (secondary N) is 2. The predicted molar refractivity (Wildman–Crippen MR) is 74.2 cm³/mol. The molecule has 1 aliphatic rings. The van der Waals surface area contributed by atoms with Crippen LogP contribution in [0.5, 0.6) is 5.75 Å². The summed E-state index contributed by atoms with van der Waals surface area (Å²) in [7, 11) is 0. The molecule has 1 heterocycles. The number of amides is 2. The van der Waals surface area contributed by atoms with E-state index < -0.39 is 18.0 Å². The minimum absolute atomic E-state index is 0.0336. The molecule has 1 aliphatic heterocycles. The number of hydrogen-bond acceptors (Lipinski definition) is 4. The molecule has 114 valence electrons. The summed E-state index contributed by atoms with van der Waals surface area (Å²) in [4.78, 5) is 22.5. The number of aliphatic carboxylic acids is 1. The molecule has 1 aromatic carbocycles. The van der Waals surface area contributed by atoms with Crippen LogP contribution in [0, 0.1) is 0 Å². The number of aliphatic hydroxyl groups is 1. The van der Waals surface area contributed by atoms with Crippen molar-refractivity contribution >= 4 is 12.0 Å². The van der Waals surface area contributed by atoms with E-state index in [9.17, 15) is 9.59 Å². The van der Waals surface area contributed by atoms with Gasteiger partial charge >= 0.3 is 12.0 Å². The number of carboxylic acids is 1. The van der Waals surface area contributed by atoms with E-state index in [1.807, 2.05) is 24.3 Å². The summed E-state index contributed by atoms with van der Waals surface area (Å²) in [6.07, 6.45) is 0.512. The van der Waals surface area contributed by atoms with E-state index in [2.05, 4.69) is 10.6 Å². The zero-order chi connectivity index (χ0) is 15.2. The highest BCUT2D eigenvalue weighted by Crippen LogP contribution is 2.27. The Balaban J connectivity index is 1.76. The van der Waals surface area contributed by atoms with Gasteiger partial charge in [-0.25, -0.2) is 9.59 Å². The molecule has 0 spiro atoms. The molecule has 0 bridgehead atoms. The van der Waals surface area contributed by atoms with Gasteiger partial charge in [-0.15, -0.1) is 0 Å². The Labute approximate surface area is 121 Å². The van der Waals surface area contributed by atoms with Crippen LogP contribution in [0.15, 0.2) is 24.3 Å². The monoisotopic (exact) mass is 294 g/mol. The molecular weight excluding hydrogens is 276 g/mol. The highest BCUT2D eigenvalue weighted by atomic mass is 16.5. The van der Waals surface area contributed by atoms with Crippen LogP contribution in [-0.2, 0) is 11.2 Å². The molecule has 2 amide bonds. The molecular formula is C14H18N2O5. The third kappa shape index (κ3) is 4.09. The molecule has 2 atom stereocenters. The average Bonchev–Trinajstić information content (AvgIpc) is 2.87. The van der Waals surface area contributed by atoms with Crippen LogP contribution in [0.2, 0.25) is 0 Å². The van der Waals surface area contributed by atoms with E-state index in [1.54, 1.807) is 0 Å². The maximum absolute atomic E-state index is 11.6. The van der Waals surface area contributed by atoms with E-state index >= 15 is 0 Å². The average molecular weight is 294 g/mol. The largest absolute Gasteiger partial charge is 0.488 e. The van der Waals surface area contributed by atoms with Crippen molar-refractivity contribution < 1.29 is 24.5 Å². The van der Waals surface area contributed by atoms with Gasteiger partial charge in [-0.1, -0.05) is 18.2 Å². The van der Waals surface area contributed by atoms with Crippen molar-refractivity contribution in [2.75, 3.05) is 13.2 Å². The predicted octanol–water partition coefficient (Wildman–Crippen LogP) is 0.125. The smallest absolute Gasteiger partial charge is 0.326 e. The summed E-state index contributed by atoms with van der Waals surface area (Å²) in [5.74, 6) is -0.364. The fourth-order valence-corrected chi connectivity index (χ4v) is 2.17. The summed E-state index contributed by atoms with van der Waals surface area (Å²) in [5, 5.41) is 22.5. The Hall–Kier alpha value is -2.28. The zero-order valence-corrected chi connectivity index (χ0v) is 11.4. The second kappa shape index (κ2) is 6.94. The number of benzene rings is 1. The van der Waals surface area contributed by atoms with Crippen LogP contribution >= 0.6 is 0 Å². The van der Waals surface area contributed by atoms with Crippen molar-refractivity contribution in [3.8, 4) is 5.75 Å². The van der Waals surface area contributed by atoms with Gasteiger partial charge < -0.3 is 25.6 Å². The number of carboxylic acid groups (broad SMARTS) is 1. The molecule has 1 aromatic rings. The number of aliphatic hydroxyl groups excluding tert-OH is 1. The quantitative estimate of drug-likeness (QED) is 0.596. The number of carbonyl (C=O) groups is 2. The molecule has 0 radical (unpaired) electrons. The van der Waals surface area contributed by atoms with Gasteiger partial charge in [-0.05, 0) is 11.6 Å². The fourth-order valence-electron chi connectivity index (χ4n) is 2.17. The number of hydrogen-bond donors (Lipinski definition) is 4. The minimum atomic E-state index is -1.18. The van der Waals surface area contributed by atoms with Crippen molar-refractivity contribution in [1.82, 2.24) is 10.6 Å². The van der Waals surface area contributed by atoms with Crippen LogP contribution in [0.4, 0.5) is 4.79 Å². The number of para-hydroxylation sites is 1. The molecule has 7 heteroatoms. The topological polar surface area (TPSA) is 108 Å². The lowest BCUT2D eigenvalue weighted by molar-refractivity contribution is -0.139. The van der Waals surface area contributed by atoms with Gasteiger partial charge in [0.05, 0.1) is 6.54 Å². The van der Waals surface area contributed by atoms with Crippen molar-refractivity contribution in [2.24, 2.45) is 0 Å². The molecule has 21 heavy (non-hydrogen) atoms. The van der Waals surface area contributed by atoms with Crippen LogP contribution in [0.3, 0.4) is 0 Å². The Bertz CT molecular complexity index is 495. The Morgan fingerprint density at radius 2 is 2.14 bits per heavy atom. The van der Waals surface area contributed by atoms with Gasteiger partial charge in [0.1, 0.15) is 17.9 Å². The first kappa shape index (κ1) is 15.1. The molecule has 0 aliphatic carbocycles. The third-order valence-corrected chi connectivity index (χ3v) is 3.23. The Kier molecular flexibility index (Phi) is 4.99. The second-order valence-corrected chi connectivity index (χ2v) is 4.81. The van der Waals surface area contributed by atoms with Crippen molar-refractivity contribution in [3.63, 3.8) is 0 Å². The number of fused-ring (bicyclic) bond motifs is 1. The first-order valence-electron chi connectivity index (χ1n) is 6.72. The summed E-state index contributed by atoms with van der Waals surface area (Å²) in [6, 6.07) is 5.96. The van der Waals surface area contributed by atoms with Gasteiger partial charge in [0, 0.05) is 19.4 Å². The fraction of sp³-hybridized carbons (Fsp3) is 0.429. The number of carbonyl (C=O) groups excluding carboxylic acids is 1. The lowest BCUT2D eigenvalue weighted by Crippen LogP contribution is -2.48. The van der Waals surface area contributed by atoms with Gasteiger partial charge in [0.2, 0.25) is 0 Å². The molecule has 0 saturated carbocycles. The SMILES string of the molecule is O=C(NCC1Cc2ccccc2O1)N[C@H](CCO)C(=O)O. The van der Waals surface area contributed by atoms with Gasteiger partial charge in [0.15, 0.2) is 0 Å². The zero-order valence-electron chi connectivity index (χ0n) is 11.4. The summed E-state index contributed by atoms with van der Waals surface area (Å²) >= 11 is 0. The lowest BCUT2D eigenvalue weighted by Gasteiger charge is -2.16. The Morgan fingerprint density at radius 3 is 2.81 bits per heavy atom. The molecule has 0 aromatic heterocycles. The van der Waals surface area contributed by atoms with E-state index in [0.29, 0.717) is 6.42 Å². The number of urea groups is 1. The molecule has 7 nitrogen and oxygen atoms in total. The lowest BCUT2D eigenvalue weighted by atomic mass is 10.1. The van der Waals surface area contributed by atoms with Crippen molar-refractivity contribution in [2.45, 2.75) is 25.0 Å². The van der Waals surface area contributed by atoms with Crippen LogP contribution in [0.1, 0.15) is 12.0 Å². The van der Waals surface area contributed by atoms with Crippen LogP contribution in [-0.4, -0.2) is 47.5 Å². The number of rotatable bonds is 6. The van der Waals surface area contributed by atoms with E-state index in [-0.39, 0.29) is 25.7 Å². The summed E-state index contributed by atoms with van der Waals surface area (Å²) < 4.78 is 5.66. The third-order valence-electron chi connectivity index (χ3n) is 3.23. The van der Waals surface area contributed by atoms with E-state index in [4.69, 9.17) is 14.9 Å². The maximum Gasteiger partial charge on any atom is 0.326 e. The standard InChI is InChI=1S/C14H18N2O5/c17-6-5-11(13(18)19)16-14(20)15-8-10-7-9-3-1-2-4-12(9)21-10/h1-4,10-11,17H,5-8H2,(H,18,19)(H2,15,16,20)/t10?,11-/m1/s1. The maximum atomic E-state index is 11.6. The Morgan fingerprint density at radius 1 is 1.38 bits per heavy atom. The second-order valence-electron chi connectivity index (χ2n) is 4.81. The van der Waals surface area contributed by atoms with E-state index in [1.165, 1.54) is 0 Å². The minimum Gasteiger partial charge on any atom is -0.488 e. The highest BCUT2D eigenvalue weighted by Gasteiger charge is 2.24. The molecule has 4 N–H and O–H groups in total. The van der Waals surface area contributed by atoms with Crippen molar-refractivity contribution in [3.05, 3.63) is 29.8 Å². The van der Waals surface area contributed by atoms with Crippen molar-refractivity contribution in [1.29, 1.82) is 0 Å². The van der Waals surface area contributed by atoms with Crippen LogP contribution in [0.25, 0.3) is 0 Å². The van der Waals surface area contributed by atoms with Gasteiger partial charge in [-0.3, -0.25) is 0 Å². The normalized spacial score (nSPS) is 17.5. The van der Waals surface area contributed by atoms with Gasteiger partial charge in [-0.2, -0.15) is 0 Å². The molecule has 0 fully saturated rings. The molecule has 2 rings (SSSR count). The van der Waals surface area contributed by atoms with Gasteiger partial charge in [0.25, 0.3) is 0 Å². The first-order chi connectivity index (χ1) is 10.1. The number of ether oxygens (including phenoxy) is 1. The molecule has 1 unspecified atom stereocenters.